The lowest BCUT2D eigenvalue weighted by atomic mass is 9.88. The van der Waals surface area contributed by atoms with Crippen molar-refractivity contribution < 1.29 is 14.3 Å². The van der Waals surface area contributed by atoms with Crippen molar-refractivity contribution in [2.75, 3.05) is 6.61 Å². The van der Waals surface area contributed by atoms with Gasteiger partial charge < -0.3 is 14.0 Å². The minimum Gasteiger partial charge on any atom is -0.489 e. The molecular weight excluding hydrogens is 454 g/mol. The molecule has 0 amide bonds. The van der Waals surface area contributed by atoms with E-state index in [9.17, 15) is 4.79 Å². The topological polar surface area (TPSA) is 40.5 Å². The Labute approximate surface area is 212 Å². The van der Waals surface area contributed by atoms with E-state index in [1.165, 1.54) is 21.5 Å². The lowest BCUT2D eigenvalue weighted by Crippen LogP contribution is -2.03. The smallest absolute Gasteiger partial charge is 0.348 e. The molecule has 0 aliphatic carbocycles. The van der Waals surface area contributed by atoms with Crippen LogP contribution in [0.25, 0.3) is 21.5 Å². The lowest BCUT2D eigenvalue weighted by Gasteiger charge is -2.18. The van der Waals surface area contributed by atoms with E-state index in [-0.39, 0.29) is 5.97 Å². The number of hydrogen-bond donors (Lipinski definition) is 0. The molecule has 5 heteroatoms. The molecule has 2 aromatic carbocycles. The Morgan fingerprint density at radius 3 is 2.29 bits per heavy atom. The van der Waals surface area contributed by atoms with Gasteiger partial charge in [-0.1, -0.05) is 57.0 Å². The summed E-state index contributed by atoms with van der Waals surface area (Å²) < 4.78 is 14.8. The largest absolute Gasteiger partial charge is 0.489 e. The summed E-state index contributed by atoms with van der Waals surface area (Å²) in [5.41, 5.74) is 6.03. The number of nitrogens with zero attached hydrogens (tertiary/aromatic N) is 1. The van der Waals surface area contributed by atoms with Crippen molar-refractivity contribution in [2.24, 2.45) is 7.05 Å². The maximum absolute atomic E-state index is 12.5. The summed E-state index contributed by atoms with van der Waals surface area (Å²) in [6.45, 7) is 7.29. The molecule has 0 saturated heterocycles. The molecule has 0 N–H and O–H groups in total. The highest BCUT2D eigenvalue weighted by molar-refractivity contribution is 7.21. The fraction of sp³-hybridized carbons (Fsp3) is 0.367. The summed E-state index contributed by atoms with van der Waals surface area (Å²) in [5, 5.41) is 0. The predicted molar refractivity (Wildman–Crippen MR) is 146 cm³/mol. The van der Waals surface area contributed by atoms with Crippen LogP contribution in [0.2, 0.25) is 0 Å². The highest BCUT2D eigenvalue weighted by Gasteiger charge is 2.26. The average Bonchev–Trinajstić information content (AvgIpc) is 3.42. The van der Waals surface area contributed by atoms with Crippen LogP contribution in [-0.4, -0.2) is 17.1 Å². The third kappa shape index (κ3) is 5.46. The molecule has 4 rings (SSSR count). The van der Waals surface area contributed by atoms with E-state index < -0.39 is 0 Å². The molecule has 4 nitrogen and oxygen atoms in total. The van der Waals surface area contributed by atoms with Crippen LogP contribution in [0.4, 0.5) is 0 Å². The molecule has 0 spiro atoms. The second kappa shape index (κ2) is 11.6. The Kier molecular flexibility index (Phi) is 8.29. The van der Waals surface area contributed by atoms with Gasteiger partial charge in [-0.05, 0) is 72.7 Å². The fourth-order valence-corrected chi connectivity index (χ4v) is 6.05. The van der Waals surface area contributed by atoms with Gasteiger partial charge in [0.25, 0.3) is 0 Å². The fourth-order valence-electron chi connectivity index (χ4n) is 4.84. The van der Waals surface area contributed by atoms with Gasteiger partial charge in [-0.3, -0.25) is 0 Å². The van der Waals surface area contributed by atoms with Crippen LogP contribution in [0.15, 0.2) is 60.7 Å². The highest BCUT2D eigenvalue weighted by atomic mass is 32.1. The molecule has 2 aromatic heterocycles. The van der Waals surface area contributed by atoms with Crippen LogP contribution in [0.3, 0.4) is 0 Å². The summed E-state index contributed by atoms with van der Waals surface area (Å²) in [5.74, 6) is 1.08. The summed E-state index contributed by atoms with van der Waals surface area (Å²) >= 11 is 1.57. The molecule has 0 saturated carbocycles. The Bertz CT molecular complexity index is 1250. The van der Waals surface area contributed by atoms with Gasteiger partial charge in [-0.15, -0.1) is 11.3 Å². The molecule has 0 bridgehead atoms. The molecule has 2 heterocycles. The van der Waals surface area contributed by atoms with Crippen LogP contribution in [-0.2, 0) is 18.4 Å². The molecule has 0 aliphatic heterocycles. The molecular formula is C30H35NO3S. The molecule has 35 heavy (non-hydrogen) atoms. The number of aromatic nitrogens is 1. The minimum atomic E-state index is -0.233. The van der Waals surface area contributed by atoms with Gasteiger partial charge in [0.1, 0.15) is 17.2 Å². The maximum atomic E-state index is 12.5. The number of hydrogen-bond acceptors (Lipinski definition) is 4. The first-order valence-corrected chi connectivity index (χ1v) is 13.4. The summed E-state index contributed by atoms with van der Waals surface area (Å²) in [4.78, 5) is 13.2. The van der Waals surface area contributed by atoms with Crippen molar-refractivity contribution in [3.05, 3.63) is 76.7 Å². The molecule has 0 radical (unpaired) electrons. The highest BCUT2D eigenvalue weighted by Crippen LogP contribution is 2.45. The molecule has 0 aliphatic rings. The van der Waals surface area contributed by atoms with Crippen LogP contribution >= 0.6 is 11.3 Å². The number of carbonyl (C=O) groups excluding carboxylic acids is 1. The van der Waals surface area contributed by atoms with Crippen molar-refractivity contribution in [2.45, 2.75) is 59.0 Å². The van der Waals surface area contributed by atoms with Crippen LogP contribution in [0, 0.1) is 0 Å². The van der Waals surface area contributed by atoms with Crippen molar-refractivity contribution >= 4 is 27.5 Å². The monoisotopic (exact) mass is 489 g/mol. The number of fused-ring (bicyclic) bond motifs is 1. The number of ether oxygens (including phenoxy) is 2. The third-order valence-corrected chi connectivity index (χ3v) is 7.58. The molecule has 0 unspecified atom stereocenters. The zero-order chi connectivity index (χ0) is 24.8. The number of benzene rings is 2. The van der Waals surface area contributed by atoms with E-state index in [0.717, 1.165) is 42.5 Å². The molecule has 184 valence electrons. The maximum Gasteiger partial charge on any atom is 0.348 e. The van der Waals surface area contributed by atoms with Gasteiger partial charge in [0.2, 0.25) is 0 Å². The van der Waals surface area contributed by atoms with E-state index in [2.05, 4.69) is 61.9 Å². The normalized spacial score (nSPS) is 11.3. The summed E-state index contributed by atoms with van der Waals surface area (Å²) in [7, 11) is 2.11. The Balaban J connectivity index is 1.72. The molecule has 0 atom stereocenters. The van der Waals surface area contributed by atoms with Crippen molar-refractivity contribution in [3.63, 3.8) is 0 Å². The van der Waals surface area contributed by atoms with E-state index in [4.69, 9.17) is 9.47 Å². The van der Waals surface area contributed by atoms with Gasteiger partial charge in [0, 0.05) is 7.05 Å². The first-order valence-electron chi connectivity index (χ1n) is 12.6. The van der Waals surface area contributed by atoms with E-state index >= 15 is 0 Å². The van der Waals surface area contributed by atoms with Gasteiger partial charge in [0.15, 0.2) is 0 Å². The Morgan fingerprint density at radius 2 is 1.66 bits per heavy atom. The lowest BCUT2D eigenvalue weighted by molar-refractivity contribution is 0.0532. The van der Waals surface area contributed by atoms with E-state index in [1.807, 2.05) is 31.2 Å². The van der Waals surface area contributed by atoms with Gasteiger partial charge >= 0.3 is 5.97 Å². The number of thiophene rings is 1. The van der Waals surface area contributed by atoms with Crippen molar-refractivity contribution in [1.29, 1.82) is 0 Å². The number of aryl methyl sites for hydroxylation is 1. The SMILES string of the molecule is CCCC(CCC)c1c(-c2ccc(OCc3ccccc3)cc2)n(C)c2cc(C(=O)OCC)sc12. The van der Waals surface area contributed by atoms with E-state index in [0.29, 0.717) is 24.0 Å². The minimum absolute atomic E-state index is 0.233. The second-order valence-corrected chi connectivity index (χ2v) is 9.99. The molecule has 0 fully saturated rings. The standard InChI is InChI=1S/C30H35NO3S/c1-5-11-22(12-6-2)27-28(31(4)25-19-26(35-29(25)27)30(32)33-7-3)23-15-17-24(18-16-23)34-20-21-13-9-8-10-14-21/h8-10,13-19,22H,5-7,11-12,20H2,1-4H3. The van der Waals surface area contributed by atoms with Gasteiger partial charge in [-0.2, -0.15) is 0 Å². The van der Waals surface area contributed by atoms with Gasteiger partial charge in [-0.25, -0.2) is 4.79 Å². The second-order valence-electron chi connectivity index (χ2n) is 8.94. The number of rotatable bonds is 11. The summed E-state index contributed by atoms with van der Waals surface area (Å²) in [6, 6.07) is 20.6. The zero-order valence-electron chi connectivity index (χ0n) is 21.2. The third-order valence-electron chi connectivity index (χ3n) is 6.44. The van der Waals surface area contributed by atoms with Crippen LogP contribution < -0.4 is 4.74 Å². The Morgan fingerprint density at radius 1 is 0.971 bits per heavy atom. The van der Waals surface area contributed by atoms with Crippen molar-refractivity contribution in [3.8, 4) is 17.0 Å². The first-order chi connectivity index (χ1) is 17.1. The quantitative estimate of drug-likeness (QED) is 0.199. The zero-order valence-corrected chi connectivity index (χ0v) is 22.0. The average molecular weight is 490 g/mol. The Hall–Kier alpha value is -3.05. The van der Waals surface area contributed by atoms with Crippen LogP contribution in [0.5, 0.6) is 5.75 Å². The van der Waals surface area contributed by atoms with E-state index in [1.54, 1.807) is 11.3 Å². The number of esters is 1. The van der Waals surface area contributed by atoms with Crippen molar-refractivity contribution in [1.82, 2.24) is 4.57 Å². The number of carbonyl (C=O) groups is 1. The van der Waals surface area contributed by atoms with Crippen LogP contribution in [0.1, 0.15) is 73.2 Å². The molecule has 4 aromatic rings. The first kappa shape index (κ1) is 25.1. The summed E-state index contributed by atoms with van der Waals surface area (Å²) in [6.07, 6.45) is 4.52. The predicted octanol–water partition coefficient (Wildman–Crippen LogP) is 8.35. The van der Waals surface area contributed by atoms with Gasteiger partial charge in [0.05, 0.1) is 22.5 Å².